The fourth-order valence-electron chi connectivity index (χ4n) is 4.00. The van der Waals surface area contributed by atoms with Crippen LogP contribution in [0.15, 0.2) is 29.2 Å². The van der Waals surface area contributed by atoms with Crippen LogP contribution in [-0.2, 0) is 23.6 Å². The zero-order chi connectivity index (χ0) is 20.3. The van der Waals surface area contributed by atoms with Crippen molar-refractivity contribution in [1.29, 1.82) is 0 Å². The number of halogens is 1. The molecular weight excluding hydrogens is 396 g/mol. The van der Waals surface area contributed by atoms with E-state index in [1.165, 1.54) is 36.8 Å². The van der Waals surface area contributed by atoms with Gasteiger partial charge in [0.15, 0.2) is 0 Å². The van der Waals surface area contributed by atoms with E-state index < -0.39 is 10.0 Å². The van der Waals surface area contributed by atoms with Crippen molar-refractivity contribution < 1.29 is 8.42 Å². The van der Waals surface area contributed by atoms with Crippen LogP contribution in [0.3, 0.4) is 0 Å². The molecule has 0 saturated heterocycles. The molecule has 8 heteroatoms. The summed E-state index contributed by atoms with van der Waals surface area (Å²) in [6.45, 7) is 4.44. The minimum atomic E-state index is -3.83. The van der Waals surface area contributed by atoms with Gasteiger partial charge in [0.2, 0.25) is 0 Å². The number of aryl methyl sites for hydroxylation is 2. The highest BCUT2D eigenvalue weighted by molar-refractivity contribution is 7.92. The Bertz CT molecular complexity index is 920. The number of hydrogen-bond donors (Lipinski definition) is 2. The Morgan fingerprint density at radius 2 is 1.96 bits per heavy atom. The minimum Gasteiger partial charge on any atom is -0.310 e. The number of para-hydroxylation sites is 1. The Morgan fingerprint density at radius 3 is 2.61 bits per heavy atom. The van der Waals surface area contributed by atoms with Crippen molar-refractivity contribution in [2.24, 2.45) is 13.0 Å². The van der Waals surface area contributed by atoms with Crippen LogP contribution < -0.4 is 10.0 Å². The standard InChI is InChI=1S/C20H29ClN4O2S/c1-14(12-16-8-4-5-9-16)22-13-17-10-6-7-11-18(17)24-28(26,27)19-15(2)23-25(3)20(19)21/h6-7,10-11,14,16,22,24H,4-5,8-9,12-13H2,1-3H3/t14-/m0/s1. The molecule has 1 aromatic heterocycles. The van der Waals surface area contributed by atoms with Crippen molar-refractivity contribution >= 4 is 27.3 Å². The van der Waals surface area contributed by atoms with Gasteiger partial charge >= 0.3 is 0 Å². The Labute approximate surface area is 172 Å². The predicted molar refractivity (Wildman–Crippen MR) is 113 cm³/mol. The van der Waals surface area contributed by atoms with Gasteiger partial charge in [0.05, 0.1) is 11.4 Å². The van der Waals surface area contributed by atoms with Crippen molar-refractivity contribution in [2.75, 3.05) is 4.72 Å². The van der Waals surface area contributed by atoms with Crippen molar-refractivity contribution in [1.82, 2.24) is 15.1 Å². The largest absolute Gasteiger partial charge is 0.310 e. The lowest BCUT2D eigenvalue weighted by atomic mass is 9.99. The maximum atomic E-state index is 12.9. The van der Waals surface area contributed by atoms with E-state index in [1.807, 2.05) is 18.2 Å². The fraction of sp³-hybridized carbons (Fsp3) is 0.550. The number of hydrogen-bond acceptors (Lipinski definition) is 4. The topological polar surface area (TPSA) is 76.0 Å². The minimum absolute atomic E-state index is 0.0223. The molecule has 1 atom stereocenters. The second kappa shape index (κ2) is 8.84. The Kier molecular flexibility index (Phi) is 6.68. The lowest BCUT2D eigenvalue weighted by Crippen LogP contribution is -2.28. The molecule has 3 rings (SSSR count). The Balaban J connectivity index is 1.71. The Morgan fingerprint density at radius 1 is 1.29 bits per heavy atom. The first-order chi connectivity index (χ1) is 13.3. The number of benzene rings is 1. The highest BCUT2D eigenvalue weighted by Gasteiger charge is 2.26. The molecule has 2 aromatic rings. The van der Waals surface area contributed by atoms with Crippen LogP contribution in [0.4, 0.5) is 5.69 Å². The van der Waals surface area contributed by atoms with Crippen LogP contribution in [-0.4, -0.2) is 24.2 Å². The first-order valence-electron chi connectivity index (χ1n) is 9.81. The summed E-state index contributed by atoms with van der Waals surface area (Å²) in [6.07, 6.45) is 6.51. The van der Waals surface area contributed by atoms with Gasteiger partial charge in [0.25, 0.3) is 10.0 Å². The van der Waals surface area contributed by atoms with E-state index in [2.05, 4.69) is 22.1 Å². The van der Waals surface area contributed by atoms with Gasteiger partial charge in [-0.1, -0.05) is 55.5 Å². The van der Waals surface area contributed by atoms with Gasteiger partial charge in [0, 0.05) is 19.6 Å². The quantitative estimate of drug-likeness (QED) is 0.664. The highest BCUT2D eigenvalue weighted by atomic mass is 35.5. The molecule has 0 bridgehead atoms. The van der Waals surface area contributed by atoms with Crippen molar-refractivity contribution in [3.05, 3.63) is 40.7 Å². The molecule has 0 radical (unpaired) electrons. The van der Waals surface area contributed by atoms with Gasteiger partial charge in [-0.2, -0.15) is 5.10 Å². The monoisotopic (exact) mass is 424 g/mol. The maximum absolute atomic E-state index is 12.9. The molecule has 6 nitrogen and oxygen atoms in total. The zero-order valence-electron chi connectivity index (χ0n) is 16.7. The summed E-state index contributed by atoms with van der Waals surface area (Å²) in [5, 5.41) is 7.75. The average molecular weight is 425 g/mol. The van der Waals surface area contributed by atoms with Crippen molar-refractivity contribution in [3.8, 4) is 0 Å². The third-order valence-corrected chi connectivity index (χ3v) is 7.49. The van der Waals surface area contributed by atoms with Crippen LogP contribution in [0.2, 0.25) is 5.15 Å². The summed E-state index contributed by atoms with van der Waals surface area (Å²) in [6, 6.07) is 7.84. The third-order valence-electron chi connectivity index (χ3n) is 5.43. The SMILES string of the molecule is Cc1nn(C)c(Cl)c1S(=O)(=O)Nc1ccccc1CN[C@@H](C)CC1CCCC1. The van der Waals surface area contributed by atoms with Gasteiger partial charge in [-0.25, -0.2) is 8.42 Å². The normalized spacial score (nSPS) is 16.4. The van der Waals surface area contributed by atoms with Crippen LogP contribution >= 0.6 is 11.6 Å². The van der Waals surface area contributed by atoms with Crippen LogP contribution in [0.5, 0.6) is 0 Å². The molecule has 1 heterocycles. The molecule has 1 aliphatic carbocycles. The van der Waals surface area contributed by atoms with E-state index in [0.29, 0.717) is 24.0 Å². The van der Waals surface area contributed by atoms with Crippen molar-refractivity contribution in [2.45, 2.75) is 63.4 Å². The molecule has 0 spiro atoms. The second-order valence-corrected chi connectivity index (χ2v) is 9.74. The van der Waals surface area contributed by atoms with Gasteiger partial charge in [-0.15, -0.1) is 0 Å². The molecule has 1 fully saturated rings. The van der Waals surface area contributed by atoms with Crippen LogP contribution in [0, 0.1) is 12.8 Å². The molecule has 0 aliphatic heterocycles. The predicted octanol–water partition coefficient (Wildman–Crippen LogP) is 4.24. The van der Waals surface area contributed by atoms with E-state index in [1.54, 1.807) is 20.0 Å². The van der Waals surface area contributed by atoms with Gasteiger partial charge in [-0.3, -0.25) is 9.40 Å². The van der Waals surface area contributed by atoms with Gasteiger partial charge < -0.3 is 5.32 Å². The molecule has 0 unspecified atom stereocenters. The molecule has 0 amide bonds. The number of nitrogens with zero attached hydrogens (tertiary/aromatic N) is 2. The maximum Gasteiger partial charge on any atom is 0.266 e. The van der Waals surface area contributed by atoms with E-state index >= 15 is 0 Å². The number of aromatic nitrogens is 2. The highest BCUT2D eigenvalue weighted by Crippen LogP contribution is 2.29. The summed E-state index contributed by atoms with van der Waals surface area (Å²) in [4.78, 5) is 0.0223. The smallest absolute Gasteiger partial charge is 0.266 e. The first-order valence-corrected chi connectivity index (χ1v) is 11.7. The molecule has 2 N–H and O–H groups in total. The first kappa shape index (κ1) is 21.1. The molecule has 28 heavy (non-hydrogen) atoms. The summed E-state index contributed by atoms with van der Waals surface area (Å²) in [5.41, 5.74) is 1.84. The molecule has 1 aromatic carbocycles. The van der Waals surface area contributed by atoms with E-state index in [0.717, 1.165) is 11.5 Å². The third kappa shape index (κ3) is 4.88. The van der Waals surface area contributed by atoms with Crippen LogP contribution in [0.1, 0.15) is 50.3 Å². The molecule has 1 saturated carbocycles. The fourth-order valence-corrected chi connectivity index (χ4v) is 5.85. The van der Waals surface area contributed by atoms with E-state index in [4.69, 9.17) is 11.6 Å². The van der Waals surface area contributed by atoms with Gasteiger partial charge in [0.1, 0.15) is 10.0 Å². The lowest BCUT2D eigenvalue weighted by molar-refractivity contribution is 0.404. The molecular formula is C20H29ClN4O2S. The number of sulfonamides is 1. The Hall–Kier alpha value is -1.57. The number of rotatable bonds is 8. The number of nitrogens with one attached hydrogen (secondary N) is 2. The summed E-state index contributed by atoms with van der Waals surface area (Å²) in [7, 11) is -2.20. The van der Waals surface area contributed by atoms with E-state index in [9.17, 15) is 8.42 Å². The summed E-state index contributed by atoms with van der Waals surface area (Å²) < 4.78 is 29.9. The van der Waals surface area contributed by atoms with Gasteiger partial charge in [-0.05, 0) is 37.8 Å². The molecule has 154 valence electrons. The zero-order valence-corrected chi connectivity index (χ0v) is 18.3. The summed E-state index contributed by atoms with van der Waals surface area (Å²) >= 11 is 6.16. The number of anilines is 1. The summed E-state index contributed by atoms with van der Waals surface area (Å²) in [5.74, 6) is 0.812. The molecule has 1 aliphatic rings. The lowest BCUT2D eigenvalue weighted by Gasteiger charge is -2.19. The van der Waals surface area contributed by atoms with Crippen LogP contribution in [0.25, 0.3) is 0 Å². The van der Waals surface area contributed by atoms with E-state index in [-0.39, 0.29) is 10.0 Å². The van der Waals surface area contributed by atoms with Crippen molar-refractivity contribution in [3.63, 3.8) is 0 Å². The second-order valence-electron chi connectivity index (χ2n) is 7.76. The average Bonchev–Trinajstić information content (AvgIpc) is 3.22.